The van der Waals surface area contributed by atoms with E-state index in [-0.39, 0.29) is 73.4 Å². The van der Waals surface area contributed by atoms with Crippen molar-refractivity contribution in [2.75, 3.05) is 55.6 Å². The van der Waals surface area contributed by atoms with Gasteiger partial charge < -0.3 is 38.5 Å². The number of oxazole rings is 2. The normalized spacial score (nSPS) is 15.6. The summed E-state index contributed by atoms with van der Waals surface area (Å²) in [6.07, 6.45) is -1.62. The topological polar surface area (TPSA) is 150 Å². The van der Waals surface area contributed by atoms with Crippen LogP contribution in [0.25, 0.3) is 22.3 Å². The minimum absolute atomic E-state index is 0.00685. The Labute approximate surface area is 266 Å². The number of phenolic OH excluding ortho intramolecular Hbond substituents is 1. The smallest absolute Gasteiger partial charge is 0.412 e. The van der Waals surface area contributed by atoms with E-state index in [0.717, 1.165) is 12.8 Å². The molecule has 13 nitrogen and oxygen atoms in total. The number of nitrogens with one attached hydrogen (secondary N) is 1. The molecular weight excluding hydrogens is 623 g/mol. The van der Waals surface area contributed by atoms with Gasteiger partial charge in [0.15, 0.2) is 17.6 Å². The van der Waals surface area contributed by atoms with Gasteiger partial charge in [0, 0.05) is 57.1 Å². The van der Waals surface area contributed by atoms with Gasteiger partial charge in [0.05, 0.1) is 0 Å². The SMILES string of the molecule is C=C(CCNC(=O)Cn1c(CC)c(N2CCN(C(=O)c3c(O)ccc4ncoc34)CC2)c(=O)c2oc(N3CCCC3)nc21)C(F)(F)F. The van der Waals surface area contributed by atoms with E-state index in [4.69, 9.17) is 8.83 Å². The molecule has 0 saturated carbocycles. The molecule has 16 heteroatoms. The highest BCUT2D eigenvalue weighted by molar-refractivity contribution is 6.06. The molecule has 2 N–H and O–H groups in total. The van der Waals surface area contributed by atoms with Gasteiger partial charge in [0.2, 0.25) is 16.9 Å². The molecule has 0 atom stereocenters. The summed E-state index contributed by atoms with van der Waals surface area (Å²) >= 11 is 0. The zero-order valence-corrected chi connectivity index (χ0v) is 25.7. The van der Waals surface area contributed by atoms with Gasteiger partial charge in [-0.3, -0.25) is 14.4 Å². The van der Waals surface area contributed by atoms with Crippen molar-refractivity contribution >= 4 is 45.8 Å². The maximum Gasteiger partial charge on any atom is 0.412 e. The molecule has 0 aliphatic carbocycles. The van der Waals surface area contributed by atoms with Crippen molar-refractivity contribution in [2.24, 2.45) is 0 Å². The van der Waals surface area contributed by atoms with Crippen LogP contribution in [0, 0.1) is 0 Å². The molecule has 3 aromatic heterocycles. The summed E-state index contributed by atoms with van der Waals surface area (Å²) in [6, 6.07) is 3.20. The van der Waals surface area contributed by atoms with Crippen LogP contribution in [0.2, 0.25) is 0 Å². The second kappa shape index (κ2) is 12.6. The largest absolute Gasteiger partial charge is 0.507 e. The van der Waals surface area contributed by atoms with Gasteiger partial charge in [0.1, 0.15) is 29.1 Å². The van der Waals surface area contributed by atoms with E-state index in [1.807, 2.05) is 16.7 Å². The number of benzene rings is 1. The number of hydrogen-bond donors (Lipinski definition) is 2. The molecule has 2 saturated heterocycles. The van der Waals surface area contributed by atoms with Crippen LogP contribution in [-0.4, -0.2) is 88.3 Å². The number of carbonyl (C=O) groups excluding carboxylic acids is 2. The lowest BCUT2D eigenvalue weighted by molar-refractivity contribution is -0.122. The third-order valence-electron chi connectivity index (χ3n) is 8.61. The molecule has 0 radical (unpaired) electrons. The monoisotopic (exact) mass is 657 g/mol. The van der Waals surface area contributed by atoms with Gasteiger partial charge >= 0.3 is 6.18 Å². The van der Waals surface area contributed by atoms with Crippen molar-refractivity contribution < 1.29 is 36.7 Å². The number of phenols is 1. The average molecular weight is 658 g/mol. The molecule has 4 aromatic rings. The zero-order chi connectivity index (χ0) is 33.5. The van der Waals surface area contributed by atoms with Gasteiger partial charge in [-0.15, -0.1) is 0 Å². The van der Waals surface area contributed by atoms with Crippen LogP contribution in [0.5, 0.6) is 5.75 Å². The summed E-state index contributed by atoms with van der Waals surface area (Å²) < 4.78 is 51.7. The van der Waals surface area contributed by atoms with Gasteiger partial charge in [-0.2, -0.15) is 18.2 Å². The maximum atomic E-state index is 14.1. The summed E-state index contributed by atoms with van der Waals surface area (Å²) in [7, 11) is 0. The number of anilines is 2. The number of piperazine rings is 1. The first-order valence-electron chi connectivity index (χ1n) is 15.4. The molecule has 6 rings (SSSR count). The first-order valence-corrected chi connectivity index (χ1v) is 15.4. The number of carbonyl (C=O) groups is 2. The number of alkyl halides is 3. The van der Waals surface area contributed by atoms with Crippen LogP contribution in [-0.2, 0) is 17.8 Å². The third kappa shape index (κ3) is 6.11. The molecule has 2 aliphatic heterocycles. The van der Waals surface area contributed by atoms with E-state index in [0.29, 0.717) is 36.4 Å². The number of fused-ring (bicyclic) bond motifs is 2. The zero-order valence-electron chi connectivity index (χ0n) is 25.7. The maximum absolute atomic E-state index is 14.1. The van der Waals surface area contributed by atoms with Crippen molar-refractivity contribution in [1.29, 1.82) is 0 Å². The second-order valence-electron chi connectivity index (χ2n) is 11.5. The Morgan fingerprint density at radius 3 is 2.47 bits per heavy atom. The fraction of sp³-hybridized carbons (Fsp3) is 0.452. The molecule has 47 heavy (non-hydrogen) atoms. The predicted octanol–water partition coefficient (Wildman–Crippen LogP) is 3.59. The van der Waals surface area contributed by atoms with Crippen LogP contribution in [0.3, 0.4) is 0 Å². The highest BCUT2D eigenvalue weighted by Gasteiger charge is 2.33. The molecule has 1 aromatic carbocycles. The fourth-order valence-corrected chi connectivity index (χ4v) is 6.13. The van der Waals surface area contributed by atoms with E-state index in [1.54, 1.807) is 15.5 Å². The molecule has 0 spiro atoms. The van der Waals surface area contributed by atoms with Gasteiger partial charge in [-0.25, -0.2) is 4.98 Å². The van der Waals surface area contributed by atoms with Crippen molar-refractivity contribution in [2.45, 2.75) is 45.3 Å². The Hall–Kier alpha value is -5.02. The van der Waals surface area contributed by atoms with E-state index in [1.165, 1.54) is 12.5 Å². The van der Waals surface area contributed by atoms with Crippen LogP contribution >= 0.6 is 0 Å². The molecule has 0 bridgehead atoms. The highest BCUT2D eigenvalue weighted by atomic mass is 19.4. The lowest BCUT2D eigenvalue weighted by atomic mass is 10.1. The number of nitrogens with zero attached hydrogens (tertiary/aromatic N) is 6. The van der Waals surface area contributed by atoms with Gasteiger partial charge in [-0.1, -0.05) is 13.5 Å². The van der Waals surface area contributed by atoms with Crippen LogP contribution in [0.15, 0.2) is 44.3 Å². The number of halogens is 3. The van der Waals surface area contributed by atoms with Crippen LogP contribution < -0.4 is 20.5 Å². The summed E-state index contributed by atoms with van der Waals surface area (Å²) in [4.78, 5) is 54.6. The van der Waals surface area contributed by atoms with E-state index < -0.39 is 35.4 Å². The number of aromatic nitrogens is 3. The standard InChI is InChI=1S/C31H34F3N7O6/c1-3-20-24(38-12-14-39(15-13-38)29(45)23-21(42)7-6-19-26(23)46-17-36-19)25(44)27-28(37-30(47-27)40-10-4-5-11-40)41(20)16-22(43)35-9-8-18(2)31(32,33)34/h6-7,17,42H,2-5,8-16H2,1H3,(H,35,43). The first kappa shape index (κ1) is 31.9. The third-order valence-corrected chi connectivity index (χ3v) is 8.61. The number of pyridine rings is 1. The van der Waals surface area contributed by atoms with E-state index in [9.17, 15) is 32.7 Å². The Morgan fingerprint density at radius 2 is 1.79 bits per heavy atom. The molecule has 2 amide bonds. The van der Waals surface area contributed by atoms with Crippen LogP contribution in [0.4, 0.5) is 24.9 Å². The van der Waals surface area contributed by atoms with E-state index >= 15 is 0 Å². The number of amides is 2. The van der Waals surface area contributed by atoms with E-state index in [2.05, 4.69) is 21.9 Å². The fourth-order valence-electron chi connectivity index (χ4n) is 6.13. The molecular formula is C31H34F3N7O6. The number of rotatable bonds is 9. The Morgan fingerprint density at radius 1 is 1.06 bits per heavy atom. The first-order chi connectivity index (χ1) is 22.5. The highest BCUT2D eigenvalue weighted by Crippen LogP contribution is 2.31. The van der Waals surface area contributed by atoms with Crippen molar-refractivity contribution in [3.63, 3.8) is 0 Å². The minimum Gasteiger partial charge on any atom is -0.507 e. The molecule has 2 aliphatic rings. The van der Waals surface area contributed by atoms with Gasteiger partial charge in [-0.05, 0) is 37.8 Å². The predicted molar refractivity (Wildman–Crippen MR) is 166 cm³/mol. The summed E-state index contributed by atoms with van der Waals surface area (Å²) in [5.41, 5.74) is 0.216. The summed E-state index contributed by atoms with van der Waals surface area (Å²) in [5.74, 6) is -1.24. The lowest BCUT2D eigenvalue weighted by Crippen LogP contribution is -2.50. The average Bonchev–Trinajstić information content (AvgIpc) is 3.83. The van der Waals surface area contributed by atoms with Crippen molar-refractivity contribution in [3.05, 3.63) is 52.2 Å². The van der Waals surface area contributed by atoms with Gasteiger partial charge in [0.25, 0.3) is 11.9 Å². The Kier molecular flexibility index (Phi) is 8.59. The number of hydrogen-bond acceptors (Lipinski definition) is 10. The summed E-state index contributed by atoms with van der Waals surface area (Å²) in [6.45, 7) is 6.63. The number of aromatic hydroxyl groups is 1. The lowest BCUT2D eigenvalue weighted by Gasteiger charge is -2.37. The molecule has 5 heterocycles. The minimum atomic E-state index is -4.55. The Bertz CT molecular complexity index is 1900. The van der Waals surface area contributed by atoms with Crippen molar-refractivity contribution in [3.8, 4) is 5.75 Å². The van der Waals surface area contributed by atoms with Crippen molar-refractivity contribution in [1.82, 2.24) is 24.8 Å². The molecule has 250 valence electrons. The van der Waals surface area contributed by atoms with Crippen LogP contribution in [0.1, 0.15) is 42.2 Å². The Balaban J connectivity index is 1.29. The quantitative estimate of drug-likeness (QED) is 0.256. The summed E-state index contributed by atoms with van der Waals surface area (Å²) in [5, 5.41) is 13.0. The second-order valence-corrected chi connectivity index (χ2v) is 11.5. The molecule has 0 unspecified atom stereocenters. The molecule has 2 fully saturated rings.